The second-order valence-corrected chi connectivity index (χ2v) is 8.71. The van der Waals surface area contributed by atoms with Gasteiger partial charge in [0.1, 0.15) is 0 Å². The van der Waals surface area contributed by atoms with Crippen LogP contribution in [-0.2, 0) is 20.5 Å². The highest BCUT2D eigenvalue weighted by atomic mass is 19.4. The molecule has 9 heteroatoms. The number of morpholine rings is 1. The van der Waals surface area contributed by atoms with E-state index in [0.29, 0.717) is 31.2 Å². The number of hydrogen-bond acceptors (Lipinski definition) is 4. The highest BCUT2D eigenvalue weighted by Gasteiger charge is 2.40. The molecule has 2 amide bonds. The van der Waals surface area contributed by atoms with Crippen LogP contribution >= 0.6 is 0 Å². The summed E-state index contributed by atoms with van der Waals surface area (Å²) in [4.78, 5) is 29.2. The number of hydrogen-bond donors (Lipinski definition) is 1. The van der Waals surface area contributed by atoms with Gasteiger partial charge in [0.05, 0.1) is 30.2 Å². The Morgan fingerprint density at radius 1 is 1.23 bits per heavy atom. The Morgan fingerprint density at radius 2 is 1.97 bits per heavy atom. The summed E-state index contributed by atoms with van der Waals surface area (Å²) >= 11 is 0. The number of piperidine rings is 1. The van der Waals surface area contributed by atoms with Crippen molar-refractivity contribution < 1.29 is 27.5 Å². The molecule has 3 heterocycles. The average Bonchev–Trinajstić information content (AvgIpc) is 3.21. The summed E-state index contributed by atoms with van der Waals surface area (Å²) in [6, 6.07) is 4.60. The van der Waals surface area contributed by atoms with Crippen LogP contribution in [-0.4, -0.2) is 67.0 Å². The van der Waals surface area contributed by atoms with E-state index in [1.165, 1.54) is 23.5 Å². The van der Waals surface area contributed by atoms with E-state index in [0.717, 1.165) is 31.6 Å². The van der Waals surface area contributed by atoms with Gasteiger partial charge < -0.3 is 15.0 Å². The first-order valence-corrected chi connectivity index (χ1v) is 10.8. The number of ether oxygens (including phenoxy) is 1. The Bertz CT molecular complexity index is 814. The molecule has 170 valence electrons. The number of rotatable bonds is 4. The van der Waals surface area contributed by atoms with Gasteiger partial charge in [-0.1, -0.05) is 12.1 Å². The number of carbonyl (C=O) groups excluding carboxylic acids is 2. The smallest absolute Gasteiger partial charge is 0.373 e. The molecule has 1 aromatic carbocycles. The van der Waals surface area contributed by atoms with Crippen LogP contribution < -0.4 is 5.32 Å². The Balaban J connectivity index is 1.43. The Hall–Kier alpha value is -2.13. The van der Waals surface area contributed by atoms with Gasteiger partial charge >= 0.3 is 6.18 Å². The molecule has 0 aliphatic carbocycles. The topological polar surface area (TPSA) is 61.9 Å². The number of likely N-dealkylation sites (tertiary alicyclic amines) is 1. The van der Waals surface area contributed by atoms with E-state index in [1.807, 2.05) is 0 Å². The molecule has 4 rings (SSSR count). The van der Waals surface area contributed by atoms with Crippen molar-refractivity contribution >= 4 is 11.8 Å². The number of halogens is 3. The quantitative estimate of drug-likeness (QED) is 0.784. The third-order valence-corrected chi connectivity index (χ3v) is 6.74. The minimum Gasteiger partial charge on any atom is -0.373 e. The third kappa shape index (κ3) is 4.72. The van der Waals surface area contributed by atoms with Gasteiger partial charge in [0.15, 0.2) is 0 Å². The van der Waals surface area contributed by atoms with Crippen LogP contribution in [0.2, 0.25) is 0 Å². The van der Waals surface area contributed by atoms with Crippen molar-refractivity contribution in [3.63, 3.8) is 0 Å². The lowest BCUT2D eigenvalue weighted by molar-refractivity contribution is -0.142. The standard InChI is InChI=1S/C22H28F3N3O3/c1-27-19(29)9-8-18(20(27)14-4-6-15(7-5-14)22(23,24)25)21(30)26-11-17-12-28-10-2-3-16(28)13-31-17/h4-7,16-18,20H,2-3,8-13H2,1H3,(H,26,30). The van der Waals surface area contributed by atoms with Crippen molar-refractivity contribution in [1.29, 1.82) is 0 Å². The van der Waals surface area contributed by atoms with E-state index in [2.05, 4.69) is 10.2 Å². The fourth-order valence-electron chi connectivity index (χ4n) is 4.99. The molecule has 3 aliphatic heterocycles. The molecule has 0 radical (unpaired) electrons. The van der Waals surface area contributed by atoms with Crippen molar-refractivity contribution in [3.05, 3.63) is 35.4 Å². The first-order valence-electron chi connectivity index (χ1n) is 10.8. The maximum absolute atomic E-state index is 13.0. The zero-order valence-electron chi connectivity index (χ0n) is 17.5. The summed E-state index contributed by atoms with van der Waals surface area (Å²) in [7, 11) is 1.60. The summed E-state index contributed by atoms with van der Waals surface area (Å²) in [6.07, 6.45) is -1.59. The Kier molecular flexibility index (Phi) is 6.25. The fourth-order valence-corrected chi connectivity index (χ4v) is 4.99. The van der Waals surface area contributed by atoms with Crippen LogP contribution in [0.1, 0.15) is 42.9 Å². The van der Waals surface area contributed by atoms with E-state index in [1.54, 1.807) is 7.05 Å². The number of benzene rings is 1. The normalized spacial score (nSPS) is 29.7. The van der Waals surface area contributed by atoms with Gasteiger partial charge in [-0.3, -0.25) is 14.5 Å². The molecule has 0 saturated carbocycles. The van der Waals surface area contributed by atoms with Crippen molar-refractivity contribution in [2.24, 2.45) is 5.92 Å². The molecule has 4 atom stereocenters. The highest BCUT2D eigenvalue weighted by molar-refractivity contribution is 5.84. The Labute approximate surface area is 179 Å². The molecule has 0 aromatic heterocycles. The predicted molar refractivity (Wildman–Crippen MR) is 107 cm³/mol. The lowest BCUT2D eigenvalue weighted by Gasteiger charge is -2.39. The van der Waals surface area contributed by atoms with Crippen molar-refractivity contribution in [1.82, 2.24) is 15.1 Å². The monoisotopic (exact) mass is 439 g/mol. The van der Waals surface area contributed by atoms with Crippen LogP contribution in [0.4, 0.5) is 13.2 Å². The first-order chi connectivity index (χ1) is 14.7. The molecule has 3 fully saturated rings. The molecular formula is C22H28F3N3O3. The zero-order chi connectivity index (χ0) is 22.2. The second kappa shape index (κ2) is 8.78. The van der Waals surface area contributed by atoms with Crippen LogP contribution in [0.3, 0.4) is 0 Å². The lowest BCUT2D eigenvalue weighted by atomic mass is 9.83. The number of fused-ring (bicyclic) bond motifs is 1. The summed E-state index contributed by atoms with van der Waals surface area (Å²) in [5, 5.41) is 2.96. The van der Waals surface area contributed by atoms with Gasteiger partial charge in [-0.15, -0.1) is 0 Å². The number of amides is 2. The molecule has 3 aliphatic rings. The minimum absolute atomic E-state index is 0.0780. The zero-order valence-corrected chi connectivity index (χ0v) is 17.5. The molecule has 4 unspecified atom stereocenters. The van der Waals surface area contributed by atoms with Crippen molar-refractivity contribution in [2.45, 2.75) is 50.0 Å². The predicted octanol–water partition coefficient (Wildman–Crippen LogP) is 2.59. The summed E-state index contributed by atoms with van der Waals surface area (Å²) in [5.74, 6) is -0.844. The van der Waals surface area contributed by atoms with Gasteiger partial charge in [-0.25, -0.2) is 0 Å². The van der Waals surface area contributed by atoms with E-state index < -0.39 is 23.7 Å². The van der Waals surface area contributed by atoms with Gasteiger partial charge in [0.25, 0.3) is 0 Å². The van der Waals surface area contributed by atoms with Crippen LogP contribution in [0, 0.1) is 5.92 Å². The summed E-state index contributed by atoms with van der Waals surface area (Å²) in [6.45, 7) is 2.91. The molecule has 6 nitrogen and oxygen atoms in total. The number of carbonyl (C=O) groups is 2. The summed E-state index contributed by atoms with van der Waals surface area (Å²) < 4.78 is 44.7. The lowest BCUT2D eigenvalue weighted by Crippen LogP contribution is -2.52. The van der Waals surface area contributed by atoms with Crippen molar-refractivity contribution in [2.75, 3.05) is 33.3 Å². The van der Waals surface area contributed by atoms with Crippen molar-refractivity contribution in [3.8, 4) is 0 Å². The maximum Gasteiger partial charge on any atom is 0.416 e. The van der Waals surface area contributed by atoms with Gasteiger partial charge in [0, 0.05) is 32.6 Å². The fraction of sp³-hybridized carbons (Fsp3) is 0.636. The number of nitrogens with one attached hydrogen (secondary N) is 1. The van der Waals surface area contributed by atoms with E-state index in [4.69, 9.17) is 4.74 Å². The van der Waals surface area contributed by atoms with Crippen LogP contribution in [0.15, 0.2) is 24.3 Å². The van der Waals surface area contributed by atoms with E-state index >= 15 is 0 Å². The largest absolute Gasteiger partial charge is 0.416 e. The molecule has 0 bridgehead atoms. The second-order valence-electron chi connectivity index (χ2n) is 8.71. The highest BCUT2D eigenvalue weighted by Crippen LogP contribution is 2.37. The summed E-state index contributed by atoms with van der Waals surface area (Å²) in [5.41, 5.74) is -0.228. The van der Waals surface area contributed by atoms with E-state index in [-0.39, 0.29) is 24.3 Å². The molecule has 1 aromatic rings. The molecular weight excluding hydrogens is 411 g/mol. The minimum atomic E-state index is -4.43. The Morgan fingerprint density at radius 3 is 2.68 bits per heavy atom. The molecule has 31 heavy (non-hydrogen) atoms. The van der Waals surface area contributed by atoms with Gasteiger partial charge in [-0.2, -0.15) is 13.2 Å². The molecule has 0 spiro atoms. The van der Waals surface area contributed by atoms with Crippen LogP contribution in [0.25, 0.3) is 0 Å². The van der Waals surface area contributed by atoms with Crippen LogP contribution in [0.5, 0.6) is 0 Å². The van der Waals surface area contributed by atoms with Gasteiger partial charge in [0.2, 0.25) is 11.8 Å². The first kappa shape index (κ1) is 22.1. The average molecular weight is 439 g/mol. The number of nitrogens with zero attached hydrogens (tertiary/aromatic N) is 2. The SMILES string of the molecule is CN1C(=O)CCC(C(=O)NCC2CN3CCCC3CO2)C1c1ccc(C(F)(F)F)cc1. The third-order valence-electron chi connectivity index (χ3n) is 6.74. The molecule has 3 saturated heterocycles. The number of alkyl halides is 3. The van der Waals surface area contributed by atoms with Gasteiger partial charge in [-0.05, 0) is 43.5 Å². The molecule has 1 N–H and O–H groups in total. The maximum atomic E-state index is 13.0. The van der Waals surface area contributed by atoms with E-state index in [9.17, 15) is 22.8 Å².